The van der Waals surface area contributed by atoms with Gasteiger partial charge in [-0.3, -0.25) is 0 Å². The molecule has 0 aromatic rings. The van der Waals surface area contributed by atoms with E-state index in [1.807, 2.05) is 11.5 Å². The lowest BCUT2D eigenvalue weighted by atomic mass is 10.4. The van der Waals surface area contributed by atoms with E-state index in [1.165, 1.54) is 11.8 Å². The Morgan fingerprint density at radius 3 is 3.12 bits per heavy atom. The Hall–Kier alpha value is -0.630. The SMILES string of the molecule is OC1=CSC=CC=C1. The van der Waals surface area contributed by atoms with Crippen molar-refractivity contribution in [2.24, 2.45) is 0 Å². The van der Waals surface area contributed by atoms with E-state index in [0.717, 1.165) is 0 Å². The van der Waals surface area contributed by atoms with E-state index in [2.05, 4.69) is 0 Å². The van der Waals surface area contributed by atoms with Crippen molar-refractivity contribution in [1.29, 1.82) is 0 Å². The maximum absolute atomic E-state index is 8.80. The summed E-state index contributed by atoms with van der Waals surface area (Å²) in [5, 5.41) is 12.4. The van der Waals surface area contributed by atoms with Crippen molar-refractivity contribution in [1.82, 2.24) is 0 Å². The molecule has 0 radical (unpaired) electrons. The molecule has 0 aromatic heterocycles. The summed E-state index contributed by atoms with van der Waals surface area (Å²) in [7, 11) is 0. The fourth-order valence-electron chi connectivity index (χ4n) is 0.393. The molecule has 1 heterocycles. The first-order chi connectivity index (χ1) is 3.89. The van der Waals surface area contributed by atoms with Gasteiger partial charge in [0.1, 0.15) is 5.76 Å². The maximum atomic E-state index is 8.80. The van der Waals surface area contributed by atoms with Crippen LogP contribution in [0.5, 0.6) is 0 Å². The molecule has 2 heteroatoms. The van der Waals surface area contributed by atoms with Crippen molar-refractivity contribution in [3.63, 3.8) is 0 Å². The minimum Gasteiger partial charge on any atom is -0.507 e. The minimum atomic E-state index is 0.319. The van der Waals surface area contributed by atoms with Crippen LogP contribution >= 0.6 is 11.8 Å². The molecular weight excluding hydrogens is 120 g/mol. The van der Waals surface area contributed by atoms with Crippen molar-refractivity contribution in [2.75, 3.05) is 0 Å². The van der Waals surface area contributed by atoms with Crippen molar-refractivity contribution in [3.05, 3.63) is 34.8 Å². The fourth-order valence-corrected chi connectivity index (χ4v) is 0.871. The van der Waals surface area contributed by atoms with E-state index in [-0.39, 0.29) is 0 Å². The third-order valence-corrected chi connectivity index (χ3v) is 1.42. The number of aliphatic hydroxyl groups is 1. The second-order valence-corrected chi connectivity index (χ2v) is 2.15. The van der Waals surface area contributed by atoms with Gasteiger partial charge in [0.2, 0.25) is 0 Å². The minimum absolute atomic E-state index is 0.319. The number of allylic oxidation sites excluding steroid dienone is 3. The Bertz CT molecular complexity index is 153. The van der Waals surface area contributed by atoms with Gasteiger partial charge >= 0.3 is 0 Å². The Kier molecular flexibility index (Phi) is 1.80. The highest BCUT2D eigenvalue weighted by Gasteiger charge is 1.84. The molecule has 42 valence electrons. The van der Waals surface area contributed by atoms with Crippen LogP contribution < -0.4 is 0 Å². The number of hydrogen-bond donors (Lipinski definition) is 1. The van der Waals surface area contributed by atoms with E-state index in [9.17, 15) is 0 Å². The van der Waals surface area contributed by atoms with Gasteiger partial charge in [0.25, 0.3) is 0 Å². The first-order valence-electron chi connectivity index (χ1n) is 2.27. The summed E-state index contributed by atoms with van der Waals surface area (Å²) >= 11 is 1.47. The predicted octanol–water partition coefficient (Wildman–Crippen LogP) is 2.20. The summed E-state index contributed by atoms with van der Waals surface area (Å²) in [5.74, 6) is 0.319. The zero-order chi connectivity index (χ0) is 5.82. The molecule has 0 aliphatic carbocycles. The van der Waals surface area contributed by atoms with Gasteiger partial charge in [0.15, 0.2) is 0 Å². The van der Waals surface area contributed by atoms with Crippen LogP contribution in [0, 0.1) is 0 Å². The summed E-state index contributed by atoms with van der Waals surface area (Å²) in [4.78, 5) is 0. The standard InChI is InChI=1S/C6H6OS/c7-6-3-1-2-4-8-5-6/h1-5,7H. The van der Waals surface area contributed by atoms with E-state index < -0.39 is 0 Å². The molecule has 0 aromatic carbocycles. The lowest BCUT2D eigenvalue weighted by Gasteiger charge is -1.82. The largest absolute Gasteiger partial charge is 0.507 e. The van der Waals surface area contributed by atoms with Gasteiger partial charge in [-0.1, -0.05) is 12.2 Å². The van der Waals surface area contributed by atoms with E-state index in [0.29, 0.717) is 5.76 Å². The molecule has 1 aliphatic heterocycles. The highest BCUT2D eigenvalue weighted by atomic mass is 32.2. The normalized spacial score (nSPS) is 17.8. The van der Waals surface area contributed by atoms with Gasteiger partial charge < -0.3 is 5.11 Å². The van der Waals surface area contributed by atoms with Gasteiger partial charge in [0.05, 0.1) is 0 Å². The van der Waals surface area contributed by atoms with Crippen molar-refractivity contribution in [2.45, 2.75) is 0 Å². The summed E-state index contributed by atoms with van der Waals surface area (Å²) in [6.45, 7) is 0. The third-order valence-electron chi connectivity index (χ3n) is 0.724. The van der Waals surface area contributed by atoms with E-state index in [4.69, 9.17) is 5.11 Å². The van der Waals surface area contributed by atoms with Crippen LogP contribution in [0.1, 0.15) is 0 Å². The van der Waals surface area contributed by atoms with Crippen LogP contribution in [0.3, 0.4) is 0 Å². The third kappa shape index (κ3) is 1.46. The Balaban J connectivity index is 2.69. The van der Waals surface area contributed by atoms with Crippen LogP contribution in [-0.2, 0) is 0 Å². The molecule has 1 rings (SSSR count). The zero-order valence-corrected chi connectivity index (χ0v) is 5.06. The molecule has 0 fully saturated rings. The summed E-state index contributed by atoms with van der Waals surface area (Å²) in [6, 6.07) is 0. The van der Waals surface area contributed by atoms with Gasteiger partial charge in [-0.15, -0.1) is 11.8 Å². The average molecular weight is 126 g/mol. The highest BCUT2D eigenvalue weighted by molar-refractivity contribution is 8.04. The number of rotatable bonds is 0. The van der Waals surface area contributed by atoms with E-state index in [1.54, 1.807) is 17.6 Å². The van der Waals surface area contributed by atoms with Crippen LogP contribution in [0.15, 0.2) is 34.8 Å². The quantitative estimate of drug-likeness (QED) is 0.537. The van der Waals surface area contributed by atoms with Crippen LogP contribution in [-0.4, -0.2) is 5.11 Å². The van der Waals surface area contributed by atoms with Crippen molar-refractivity contribution < 1.29 is 5.11 Å². The predicted molar refractivity (Wildman–Crippen MR) is 36.6 cm³/mol. The van der Waals surface area contributed by atoms with Gasteiger partial charge in [-0.2, -0.15) is 0 Å². The summed E-state index contributed by atoms with van der Waals surface area (Å²) < 4.78 is 0. The molecule has 0 saturated heterocycles. The highest BCUT2D eigenvalue weighted by Crippen LogP contribution is 2.10. The molecule has 1 nitrogen and oxygen atoms in total. The number of thioether (sulfide) groups is 1. The Labute approximate surface area is 52.4 Å². The fraction of sp³-hybridized carbons (Fsp3) is 0. The molecule has 0 amide bonds. The average Bonchev–Trinajstić information content (AvgIpc) is 1.94. The monoisotopic (exact) mass is 126 g/mol. The van der Waals surface area contributed by atoms with Gasteiger partial charge in [0, 0.05) is 5.41 Å². The molecule has 1 N–H and O–H groups in total. The Morgan fingerprint density at radius 2 is 2.25 bits per heavy atom. The van der Waals surface area contributed by atoms with Crippen LogP contribution in [0.25, 0.3) is 0 Å². The summed E-state index contributed by atoms with van der Waals surface area (Å²) in [6.07, 6.45) is 5.33. The molecule has 1 aliphatic rings. The van der Waals surface area contributed by atoms with Crippen molar-refractivity contribution >= 4 is 11.8 Å². The topological polar surface area (TPSA) is 20.2 Å². The molecular formula is C6H6OS. The second kappa shape index (κ2) is 2.62. The molecule has 0 unspecified atom stereocenters. The van der Waals surface area contributed by atoms with Crippen molar-refractivity contribution in [3.8, 4) is 0 Å². The molecule has 0 bridgehead atoms. The first kappa shape index (κ1) is 5.51. The van der Waals surface area contributed by atoms with Crippen LogP contribution in [0.4, 0.5) is 0 Å². The van der Waals surface area contributed by atoms with Crippen LogP contribution in [0.2, 0.25) is 0 Å². The number of hydrogen-bond acceptors (Lipinski definition) is 2. The van der Waals surface area contributed by atoms with Gasteiger partial charge in [-0.05, 0) is 11.5 Å². The maximum Gasteiger partial charge on any atom is 0.122 e. The lowest BCUT2D eigenvalue weighted by Crippen LogP contribution is -1.65. The molecule has 8 heavy (non-hydrogen) atoms. The molecule has 0 saturated carbocycles. The van der Waals surface area contributed by atoms with E-state index >= 15 is 0 Å². The smallest absolute Gasteiger partial charge is 0.122 e. The van der Waals surface area contributed by atoms with Gasteiger partial charge in [-0.25, -0.2) is 0 Å². The first-order valence-corrected chi connectivity index (χ1v) is 3.22. The lowest BCUT2D eigenvalue weighted by molar-refractivity contribution is 0.434. The second-order valence-electron chi connectivity index (χ2n) is 1.37. The molecule has 0 atom stereocenters. The number of aliphatic hydroxyl groups excluding tert-OH is 1. The Morgan fingerprint density at radius 1 is 1.38 bits per heavy atom. The zero-order valence-electron chi connectivity index (χ0n) is 4.24. The molecule has 0 spiro atoms. The summed E-state index contributed by atoms with van der Waals surface area (Å²) in [5.41, 5.74) is 0.